The molecule has 0 spiro atoms. The van der Waals surface area contributed by atoms with Gasteiger partial charge in [-0.3, -0.25) is 0 Å². The minimum absolute atomic E-state index is 0.0533. The normalized spacial score (nSPS) is 13.3. The Bertz CT molecular complexity index is 582. The van der Waals surface area contributed by atoms with Gasteiger partial charge in [-0.2, -0.15) is 0 Å². The molecule has 0 bridgehead atoms. The van der Waals surface area contributed by atoms with Crippen LogP contribution in [0.1, 0.15) is 5.56 Å². The van der Waals surface area contributed by atoms with Gasteiger partial charge in [0, 0.05) is 12.2 Å². The molecule has 1 aromatic rings. The fourth-order valence-electron chi connectivity index (χ4n) is 1.23. The Balaban J connectivity index is 0.000000217. The second kappa shape index (κ2) is 7.48. The van der Waals surface area contributed by atoms with Crippen molar-refractivity contribution in [2.75, 3.05) is 0 Å². The summed E-state index contributed by atoms with van der Waals surface area (Å²) in [5.74, 6) is -2.79. The number of carbonyl (C=O) groups is 3. The maximum absolute atomic E-state index is 10.6. The lowest BCUT2D eigenvalue weighted by Crippen LogP contribution is -2.00. The van der Waals surface area contributed by atoms with Gasteiger partial charge >= 0.3 is 17.9 Å². The molecule has 0 fully saturated rings. The third-order valence-electron chi connectivity index (χ3n) is 2.14. The van der Waals surface area contributed by atoms with Gasteiger partial charge in [0.2, 0.25) is 0 Å². The maximum Gasteiger partial charge on any atom is 0.346 e. The van der Waals surface area contributed by atoms with Crippen molar-refractivity contribution in [2.45, 2.75) is 0 Å². The number of benzene rings is 1. The zero-order valence-electron chi connectivity index (χ0n) is 10.5. The molecule has 2 rings (SSSR count). The molecule has 1 heterocycles. The van der Waals surface area contributed by atoms with Crippen molar-refractivity contribution in [3.63, 3.8) is 0 Å². The molecule has 0 saturated heterocycles. The summed E-state index contributed by atoms with van der Waals surface area (Å²) in [4.78, 5) is 31.0. The molecule has 5 nitrogen and oxygen atoms in total. The first kappa shape index (κ1) is 15.1. The highest BCUT2D eigenvalue weighted by Crippen LogP contribution is 2.08. The molecule has 1 N–H and O–H groups in total. The van der Waals surface area contributed by atoms with Crippen LogP contribution in [-0.4, -0.2) is 23.0 Å². The third-order valence-corrected chi connectivity index (χ3v) is 2.14. The quantitative estimate of drug-likeness (QED) is 0.517. The Morgan fingerprint density at radius 3 is 2.25 bits per heavy atom. The molecule has 1 aliphatic heterocycles. The number of cyclic esters (lactones) is 2. The number of esters is 2. The highest BCUT2D eigenvalue weighted by Gasteiger charge is 2.21. The molecule has 0 radical (unpaired) electrons. The molecular formula is C15H12O5. The number of rotatable bonds is 3. The Labute approximate surface area is 115 Å². The fourth-order valence-corrected chi connectivity index (χ4v) is 1.23. The summed E-state index contributed by atoms with van der Waals surface area (Å²) in [7, 11) is 0. The van der Waals surface area contributed by atoms with Gasteiger partial charge in [0.1, 0.15) is 0 Å². The van der Waals surface area contributed by atoms with Crippen molar-refractivity contribution >= 4 is 24.0 Å². The fraction of sp³-hybridized carbons (Fsp3) is 0. The van der Waals surface area contributed by atoms with Crippen LogP contribution in [0.3, 0.4) is 0 Å². The number of hydrogen-bond donors (Lipinski definition) is 1. The lowest BCUT2D eigenvalue weighted by atomic mass is 10.2. The van der Waals surface area contributed by atoms with Gasteiger partial charge in [-0.05, 0) is 11.6 Å². The molecule has 0 atom stereocenters. The van der Waals surface area contributed by atoms with Crippen LogP contribution < -0.4 is 0 Å². The van der Waals surface area contributed by atoms with E-state index in [1.165, 1.54) is 5.56 Å². The van der Waals surface area contributed by atoms with Crippen LogP contribution in [0.2, 0.25) is 0 Å². The molecule has 0 saturated carbocycles. The van der Waals surface area contributed by atoms with Crippen LogP contribution in [0.5, 0.6) is 0 Å². The van der Waals surface area contributed by atoms with Crippen molar-refractivity contribution in [1.29, 1.82) is 0 Å². The molecule has 0 aliphatic carbocycles. The molecular weight excluding hydrogens is 260 g/mol. The van der Waals surface area contributed by atoms with Gasteiger partial charge in [0.15, 0.2) is 0 Å². The average molecular weight is 272 g/mol. The van der Waals surface area contributed by atoms with E-state index in [0.717, 1.165) is 18.2 Å². The summed E-state index contributed by atoms with van der Waals surface area (Å²) in [6.07, 6.45) is 4.53. The minimum Gasteiger partial charge on any atom is -0.478 e. The van der Waals surface area contributed by atoms with Crippen LogP contribution in [0.15, 0.2) is 60.7 Å². The first-order valence-electron chi connectivity index (χ1n) is 5.59. The molecule has 20 heavy (non-hydrogen) atoms. The maximum atomic E-state index is 10.6. The standard InChI is InChI=1S/C8H8.C7H4O5/c1-2-8-6-4-3-5-7-8;8-5(9)2-1-4-3-6(10)12-7(4)11/h2-7H,1H2;1-3H,(H,8,9). The van der Waals surface area contributed by atoms with E-state index in [-0.39, 0.29) is 5.57 Å². The van der Waals surface area contributed by atoms with Crippen LogP contribution in [-0.2, 0) is 19.1 Å². The number of carboxylic acid groups (broad SMARTS) is 1. The van der Waals surface area contributed by atoms with Gasteiger partial charge in [0.25, 0.3) is 0 Å². The van der Waals surface area contributed by atoms with Crippen molar-refractivity contribution in [3.05, 3.63) is 66.3 Å². The average Bonchev–Trinajstić information content (AvgIpc) is 2.76. The van der Waals surface area contributed by atoms with E-state index in [1.54, 1.807) is 0 Å². The van der Waals surface area contributed by atoms with Gasteiger partial charge in [0.05, 0.1) is 5.57 Å². The molecule has 102 valence electrons. The molecule has 5 heteroatoms. The van der Waals surface area contributed by atoms with Crippen molar-refractivity contribution in [3.8, 4) is 0 Å². The van der Waals surface area contributed by atoms with E-state index in [1.807, 2.05) is 36.4 Å². The van der Waals surface area contributed by atoms with Crippen LogP contribution in [0.25, 0.3) is 6.08 Å². The van der Waals surface area contributed by atoms with Crippen molar-refractivity contribution < 1.29 is 24.2 Å². The SMILES string of the molecule is C=Cc1ccccc1.O=C(O)C=CC1=CC(=O)OC1=O. The molecule has 0 amide bonds. The topological polar surface area (TPSA) is 80.7 Å². The number of carbonyl (C=O) groups excluding carboxylic acids is 2. The van der Waals surface area contributed by atoms with Gasteiger partial charge in [-0.15, -0.1) is 0 Å². The third kappa shape index (κ3) is 5.14. The van der Waals surface area contributed by atoms with Gasteiger partial charge < -0.3 is 9.84 Å². The minimum atomic E-state index is -1.19. The first-order chi connectivity index (χ1) is 9.52. The number of ether oxygens (including phenoxy) is 1. The zero-order chi connectivity index (χ0) is 15.0. The van der Waals surface area contributed by atoms with Gasteiger partial charge in [-0.1, -0.05) is 43.0 Å². The molecule has 0 aromatic heterocycles. The van der Waals surface area contributed by atoms with Crippen LogP contribution in [0, 0.1) is 0 Å². The summed E-state index contributed by atoms with van der Waals surface area (Å²) < 4.78 is 4.09. The second-order valence-electron chi connectivity index (χ2n) is 3.59. The highest BCUT2D eigenvalue weighted by molar-refractivity contribution is 6.10. The van der Waals surface area contributed by atoms with E-state index in [0.29, 0.717) is 0 Å². The predicted molar refractivity (Wildman–Crippen MR) is 72.5 cm³/mol. The van der Waals surface area contributed by atoms with Crippen molar-refractivity contribution in [2.24, 2.45) is 0 Å². The number of hydrogen-bond acceptors (Lipinski definition) is 4. The predicted octanol–water partition coefficient (Wildman–Crippen LogP) is 1.97. The van der Waals surface area contributed by atoms with E-state index in [2.05, 4.69) is 11.3 Å². The Morgan fingerprint density at radius 2 is 1.85 bits per heavy atom. The Kier molecular flexibility index (Phi) is 5.65. The van der Waals surface area contributed by atoms with E-state index in [4.69, 9.17) is 5.11 Å². The molecule has 0 unspecified atom stereocenters. The van der Waals surface area contributed by atoms with Crippen LogP contribution in [0.4, 0.5) is 0 Å². The number of aliphatic carboxylic acids is 1. The van der Waals surface area contributed by atoms with Crippen LogP contribution >= 0.6 is 0 Å². The lowest BCUT2D eigenvalue weighted by Gasteiger charge is -1.86. The first-order valence-corrected chi connectivity index (χ1v) is 5.59. The van der Waals surface area contributed by atoms with Crippen molar-refractivity contribution in [1.82, 2.24) is 0 Å². The largest absolute Gasteiger partial charge is 0.478 e. The summed E-state index contributed by atoms with van der Waals surface area (Å²) >= 11 is 0. The zero-order valence-corrected chi connectivity index (χ0v) is 10.5. The Hall–Kier alpha value is -2.95. The monoisotopic (exact) mass is 272 g/mol. The van der Waals surface area contributed by atoms with E-state index < -0.39 is 17.9 Å². The molecule has 1 aromatic carbocycles. The highest BCUT2D eigenvalue weighted by atomic mass is 16.6. The van der Waals surface area contributed by atoms with E-state index >= 15 is 0 Å². The smallest absolute Gasteiger partial charge is 0.346 e. The lowest BCUT2D eigenvalue weighted by molar-refractivity contribution is -0.150. The molecule has 1 aliphatic rings. The summed E-state index contributed by atoms with van der Waals surface area (Å²) in [6, 6.07) is 10.0. The summed E-state index contributed by atoms with van der Waals surface area (Å²) in [6.45, 7) is 3.63. The Morgan fingerprint density at radius 1 is 1.20 bits per heavy atom. The van der Waals surface area contributed by atoms with E-state index in [9.17, 15) is 14.4 Å². The second-order valence-corrected chi connectivity index (χ2v) is 3.59. The van der Waals surface area contributed by atoms with Gasteiger partial charge in [-0.25, -0.2) is 14.4 Å². The summed E-state index contributed by atoms with van der Waals surface area (Å²) in [5.41, 5.74) is 1.12. The number of carboxylic acids is 1. The summed E-state index contributed by atoms with van der Waals surface area (Å²) in [5, 5.41) is 8.17.